The van der Waals surface area contributed by atoms with E-state index in [9.17, 15) is 9.59 Å². The Labute approximate surface area is 125 Å². The summed E-state index contributed by atoms with van der Waals surface area (Å²) in [5.74, 6) is 0.353. The normalized spacial score (nSPS) is 10.6. The van der Waals surface area contributed by atoms with E-state index in [1.807, 2.05) is 6.92 Å². The summed E-state index contributed by atoms with van der Waals surface area (Å²) in [4.78, 5) is 35.7. The number of nitrogens with zero attached hydrogens (tertiary/aromatic N) is 2. The molecule has 0 radical (unpaired) electrons. The molecular weight excluding hydrogens is 288 g/mol. The van der Waals surface area contributed by atoms with Crippen molar-refractivity contribution in [1.29, 1.82) is 0 Å². The summed E-state index contributed by atoms with van der Waals surface area (Å²) in [6.07, 6.45) is 2.48. The van der Waals surface area contributed by atoms with Crippen molar-refractivity contribution >= 4 is 23.0 Å². The van der Waals surface area contributed by atoms with Crippen LogP contribution >= 0.6 is 0 Å². The number of nitrogens with one attached hydrogen (secondary N) is 4. The zero-order valence-corrected chi connectivity index (χ0v) is 12.0. The molecule has 0 unspecified atom stereocenters. The minimum absolute atomic E-state index is 0.0815. The van der Waals surface area contributed by atoms with Crippen LogP contribution in [0.25, 0.3) is 0 Å². The number of nitrogen functional groups attached to an aromatic ring is 2. The summed E-state index contributed by atoms with van der Waals surface area (Å²) in [5.41, 5.74) is 11.1. The van der Waals surface area contributed by atoms with Crippen molar-refractivity contribution in [2.45, 2.75) is 6.92 Å². The number of hydrogen-bond acceptors (Lipinski definition) is 8. The standard InChI is InChI=1S/C12H18N8O2/c1-6(2-15-7-9(13)17-4-19-11(7)21)3-16-8-10(14)18-5-20-12(8)22/h4-6,15-16H,2-3H2,1H3,(H3,13,17,19,21)(H3,14,18,20,22). The van der Waals surface area contributed by atoms with Crippen LogP contribution in [0.5, 0.6) is 0 Å². The van der Waals surface area contributed by atoms with Crippen LogP contribution < -0.4 is 33.2 Å². The average Bonchev–Trinajstić information content (AvgIpc) is 2.46. The molecule has 0 atom stereocenters. The van der Waals surface area contributed by atoms with Crippen molar-refractivity contribution in [3.8, 4) is 0 Å². The number of rotatable bonds is 6. The summed E-state index contributed by atoms with van der Waals surface area (Å²) in [6, 6.07) is 0. The van der Waals surface area contributed by atoms with Gasteiger partial charge in [-0.15, -0.1) is 0 Å². The number of nitrogens with two attached hydrogens (primary N) is 2. The highest BCUT2D eigenvalue weighted by atomic mass is 16.1. The van der Waals surface area contributed by atoms with E-state index in [0.29, 0.717) is 13.1 Å². The fourth-order valence-electron chi connectivity index (χ4n) is 1.79. The molecule has 0 spiro atoms. The van der Waals surface area contributed by atoms with Gasteiger partial charge in [0.1, 0.15) is 11.4 Å². The molecule has 2 aromatic rings. The molecule has 8 N–H and O–H groups in total. The molecule has 10 heteroatoms. The molecule has 0 aliphatic rings. The Hall–Kier alpha value is -3.04. The molecule has 118 valence electrons. The largest absolute Gasteiger partial charge is 0.382 e. The van der Waals surface area contributed by atoms with Gasteiger partial charge < -0.3 is 32.1 Å². The number of anilines is 4. The second kappa shape index (κ2) is 6.61. The van der Waals surface area contributed by atoms with Gasteiger partial charge in [-0.05, 0) is 5.92 Å². The molecule has 0 fully saturated rings. The van der Waals surface area contributed by atoms with Crippen molar-refractivity contribution in [3.05, 3.63) is 33.4 Å². The minimum atomic E-state index is -0.333. The zero-order valence-electron chi connectivity index (χ0n) is 12.0. The van der Waals surface area contributed by atoms with E-state index in [-0.39, 0.29) is 40.0 Å². The Morgan fingerprint density at radius 3 is 1.77 bits per heavy atom. The topological polar surface area (TPSA) is 168 Å². The van der Waals surface area contributed by atoms with Gasteiger partial charge >= 0.3 is 0 Å². The summed E-state index contributed by atoms with van der Waals surface area (Å²) >= 11 is 0. The van der Waals surface area contributed by atoms with E-state index in [4.69, 9.17) is 11.5 Å². The average molecular weight is 306 g/mol. The van der Waals surface area contributed by atoms with Gasteiger partial charge in [0.2, 0.25) is 0 Å². The molecule has 2 aromatic heterocycles. The number of hydrogen-bond donors (Lipinski definition) is 6. The lowest BCUT2D eigenvalue weighted by atomic mass is 10.1. The second-order valence-corrected chi connectivity index (χ2v) is 4.85. The van der Waals surface area contributed by atoms with Gasteiger partial charge in [0, 0.05) is 13.1 Å². The number of aromatic nitrogens is 4. The minimum Gasteiger partial charge on any atom is -0.382 e. The first-order valence-electron chi connectivity index (χ1n) is 6.63. The van der Waals surface area contributed by atoms with Crippen LogP contribution in [-0.2, 0) is 0 Å². The van der Waals surface area contributed by atoms with Crippen LogP contribution in [0.1, 0.15) is 6.92 Å². The lowest BCUT2D eigenvalue weighted by molar-refractivity contribution is 0.648. The first-order valence-corrected chi connectivity index (χ1v) is 6.63. The molecule has 0 saturated heterocycles. The fourth-order valence-corrected chi connectivity index (χ4v) is 1.79. The Morgan fingerprint density at radius 1 is 1.00 bits per heavy atom. The Kier molecular flexibility index (Phi) is 4.61. The van der Waals surface area contributed by atoms with Gasteiger partial charge in [-0.2, -0.15) is 0 Å². The second-order valence-electron chi connectivity index (χ2n) is 4.85. The van der Waals surface area contributed by atoms with Crippen molar-refractivity contribution in [2.75, 3.05) is 35.2 Å². The maximum Gasteiger partial charge on any atom is 0.276 e. The molecule has 0 bridgehead atoms. The zero-order chi connectivity index (χ0) is 16.1. The van der Waals surface area contributed by atoms with Gasteiger partial charge in [-0.25, -0.2) is 9.97 Å². The predicted molar refractivity (Wildman–Crippen MR) is 84.7 cm³/mol. The van der Waals surface area contributed by atoms with Crippen LogP contribution in [0.2, 0.25) is 0 Å². The lowest BCUT2D eigenvalue weighted by Gasteiger charge is -2.15. The van der Waals surface area contributed by atoms with Crippen molar-refractivity contribution < 1.29 is 0 Å². The molecule has 0 aliphatic heterocycles. The van der Waals surface area contributed by atoms with Crippen LogP contribution in [-0.4, -0.2) is 33.0 Å². The Bertz CT molecular complexity index is 690. The van der Waals surface area contributed by atoms with E-state index in [1.54, 1.807) is 0 Å². The van der Waals surface area contributed by atoms with Gasteiger partial charge in [0.25, 0.3) is 11.1 Å². The molecule has 10 nitrogen and oxygen atoms in total. The van der Waals surface area contributed by atoms with E-state index < -0.39 is 0 Å². The molecule has 0 saturated carbocycles. The summed E-state index contributed by atoms with van der Waals surface area (Å²) in [7, 11) is 0. The third-order valence-corrected chi connectivity index (χ3v) is 3.02. The highest BCUT2D eigenvalue weighted by Gasteiger charge is 2.10. The maximum absolute atomic E-state index is 11.6. The van der Waals surface area contributed by atoms with Gasteiger partial charge in [-0.3, -0.25) is 9.59 Å². The van der Waals surface area contributed by atoms with E-state index >= 15 is 0 Å². The molecule has 2 rings (SSSR count). The molecular formula is C12H18N8O2. The molecule has 0 aliphatic carbocycles. The smallest absolute Gasteiger partial charge is 0.276 e. The maximum atomic E-state index is 11.6. The summed E-state index contributed by atoms with van der Waals surface area (Å²) in [5, 5.41) is 5.88. The predicted octanol–water partition coefficient (Wildman–Crippen LogP) is -0.822. The van der Waals surface area contributed by atoms with Crippen molar-refractivity contribution in [3.63, 3.8) is 0 Å². The van der Waals surface area contributed by atoms with Crippen molar-refractivity contribution in [1.82, 2.24) is 19.9 Å². The lowest BCUT2D eigenvalue weighted by Crippen LogP contribution is -2.26. The number of aromatic amines is 2. The van der Waals surface area contributed by atoms with Crippen LogP contribution in [0.15, 0.2) is 22.2 Å². The quantitative estimate of drug-likeness (QED) is 0.402. The first-order chi connectivity index (χ1) is 10.5. The fraction of sp³-hybridized carbons (Fsp3) is 0.333. The van der Waals surface area contributed by atoms with E-state index in [2.05, 4.69) is 30.6 Å². The molecule has 2 heterocycles. The SMILES string of the molecule is CC(CNc1c(N)nc[nH]c1=O)CNc1c(N)nc[nH]c1=O. The highest BCUT2D eigenvalue weighted by molar-refractivity contribution is 5.60. The van der Waals surface area contributed by atoms with E-state index in [1.165, 1.54) is 12.7 Å². The molecule has 22 heavy (non-hydrogen) atoms. The monoisotopic (exact) mass is 306 g/mol. The van der Waals surface area contributed by atoms with Gasteiger partial charge in [0.15, 0.2) is 11.6 Å². The van der Waals surface area contributed by atoms with Crippen LogP contribution in [0, 0.1) is 5.92 Å². The van der Waals surface area contributed by atoms with Gasteiger partial charge in [-0.1, -0.05) is 6.92 Å². The number of H-pyrrole nitrogens is 2. The Balaban J connectivity index is 1.93. The summed E-state index contributed by atoms with van der Waals surface area (Å²) < 4.78 is 0. The van der Waals surface area contributed by atoms with Crippen molar-refractivity contribution in [2.24, 2.45) is 5.92 Å². The van der Waals surface area contributed by atoms with Crippen LogP contribution in [0.4, 0.5) is 23.0 Å². The first kappa shape index (κ1) is 15.4. The van der Waals surface area contributed by atoms with Gasteiger partial charge in [0.05, 0.1) is 12.7 Å². The van der Waals surface area contributed by atoms with Crippen LogP contribution in [0.3, 0.4) is 0 Å². The molecule has 0 amide bonds. The highest BCUT2D eigenvalue weighted by Crippen LogP contribution is 2.10. The Morgan fingerprint density at radius 2 is 1.41 bits per heavy atom. The summed E-state index contributed by atoms with van der Waals surface area (Å²) in [6.45, 7) is 2.86. The molecule has 0 aromatic carbocycles. The van der Waals surface area contributed by atoms with E-state index in [0.717, 1.165) is 0 Å². The third kappa shape index (κ3) is 3.53. The third-order valence-electron chi connectivity index (χ3n) is 3.02.